The Morgan fingerprint density at radius 2 is 2.22 bits per heavy atom. The van der Waals surface area contributed by atoms with Gasteiger partial charge in [0.2, 0.25) is 0 Å². The monoisotopic (exact) mass is 185 g/mol. The topological polar surface area (TPSA) is 12.9 Å². The standard InChI is InChI=1S/C5H2BBrFN/c6-4-2-1-3(8)5(7)9-4/h1-2H. The fraction of sp³-hybridized carbons (Fsp3) is 0. The van der Waals surface area contributed by atoms with Gasteiger partial charge in [-0.1, -0.05) is 0 Å². The molecule has 0 fully saturated rings. The van der Waals surface area contributed by atoms with Crippen LogP contribution in [0.25, 0.3) is 0 Å². The molecule has 1 rings (SSSR count). The van der Waals surface area contributed by atoms with Gasteiger partial charge in [-0.2, -0.15) is 0 Å². The van der Waals surface area contributed by atoms with Gasteiger partial charge in [-0.3, -0.25) is 4.98 Å². The lowest BCUT2D eigenvalue weighted by Gasteiger charge is -1.93. The van der Waals surface area contributed by atoms with Crippen molar-refractivity contribution in [1.29, 1.82) is 0 Å². The van der Waals surface area contributed by atoms with Crippen LogP contribution < -0.4 is 5.59 Å². The zero-order valence-corrected chi connectivity index (χ0v) is 6.02. The van der Waals surface area contributed by atoms with Crippen molar-refractivity contribution < 1.29 is 4.39 Å². The smallest absolute Gasteiger partial charge is 0.155 e. The van der Waals surface area contributed by atoms with E-state index >= 15 is 0 Å². The molecule has 0 saturated heterocycles. The Labute approximate surface area is 61.8 Å². The van der Waals surface area contributed by atoms with Gasteiger partial charge in [0.05, 0.1) is 0 Å². The van der Waals surface area contributed by atoms with Crippen LogP contribution in [0, 0.1) is 5.82 Å². The molecule has 1 heterocycles. The zero-order valence-electron chi connectivity index (χ0n) is 4.44. The summed E-state index contributed by atoms with van der Waals surface area (Å²) in [6.45, 7) is 0. The van der Waals surface area contributed by atoms with E-state index in [1.807, 2.05) is 0 Å². The maximum absolute atomic E-state index is 12.3. The van der Waals surface area contributed by atoms with Crippen LogP contribution in [0.15, 0.2) is 16.7 Å². The van der Waals surface area contributed by atoms with Gasteiger partial charge in [0.15, 0.2) is 5.82 Å². The Hall–Kier alpha value is -0.375. The van der Waals surface area contributed by atoms with E-state index in [0.29, 0.717) is 5.59 Å². The first-order chi connectivity index (χ1) is 4.20. The second kappa shape index (κ2) is 2.48. The highest BCUT2D eigenvalue weighted by Crippen LogP contribution is 2.07. The third-order valence-electron chi connectivity index (χ3n) is 0.825. The number of aromatic nitrogens is 1. The molecule has 0 unspecified atom stereocenters. The summed E-state index contributed by atoms with van der Waals surface area (Å²) in [4.78, 5) is 3.59. The largest absolute Gasteiger partial charge is 0.254 e. The second-order valence-electron chi connectivity index (χ2n) is 1.51. The lowest BCUT2D eigenvalue weighted by atomic mass is 10.0. The Morgan fingerprint density at radius 1 is 1.56 bits per heavy atom. The van der Waals surface area contributed by atoms with E-state index in [2.05, 4.69) is 20.9 Å². The molecule has 0 aromatic carbocycles. The molecule has 0 atom stereocenters. The van der Waals surface area contributed by atoms with Gasteiger partial charge in [-0.25, -0.2) is 4.39 Å². The molecule has 0 spiro atoms. The summed E-state index contributed by atoms with van der Waals surface area (Å²) < 4.78 is 12.5. The molecular formula is C5H2BBrFN. The van der Waals surface area contributed by atoms with Crippen LogP contribution in [0.5, 0.6) is 0 Å². The van der Waals surface area contributed by atoms with Crippen molar-refractivity contribution in [3.8, 4) is 0 Å². The van der Waals surface area contributed by atoms with Crippen LogP contribution in [-0.2, 0) is 0 Å². The third-order valence-corrected chi connectivity index (χ3v) is 1.38. The molecule has 0 aliphatic heterocycles. The first-order valence-electron chi connectivity index (χ1n) is 2.27. The number of rotatable bonds is 0. The van der Waals surface area contributed by atoms with Gasteiger partial charge in [0, 0.05) is 0 Å². The Balaban J connectivity index is 3.17. The summed E-state index contributed by atoms with van der Waals surface area (Å²) in [5.74, 6) is -0.399. The summed E-state index contributed by atoms with van der Waals surface area (Å²) >= 11 is 2.88. The fourth-order valence-electron chi connectivity index (χ4n) is 0.431. The molecule has 9 heavy (non-hydrogen) atoms. The van der Waals surface area contributed by atoms with Gasteiger partial charge in [0.25, 0.3) is 0 Å². The summed E-state index contributed by atoms with van der Waals surface area (Å²) in [6.07, 6.45) is 0. The zero-order chi connectivity index (χ0) is 6.85. The number of nitrogens with zero attached hydrogens (tertiary/aromatic N) is 1. The molecule has 0 bridgehead atoms. The summed E-state index contributed by atoms with van der Waals surface area (Å²) in [5, 5.41) is 0. The lowest BCUT2D eigenvalue weighted by molar-refractivity contribution is 0.614. The molecule has 0 aliphatic carbocycles. The first kappa shape index (κ1) is 6.74. The molecule has 1 aromatic heterocycles. The van der Waals surface area contributed by atoms with E-state index in [0.717, 1.165) is 0 Å². The lowest BCUT2D eigenvalue weighted by Crippen LogP contribution is -2.07. The van der Waals surface area contributed by atoms with Crippen molar-refractivity contribution in [2.75, 3.05) is 0 Å². The van der Waals surface area contributed by atoms with Crippen LogP contribution in [-0.4, -0.2) is 12.8 Å². The minimum absolute atomic E-state index is 0.155. The highest BCUT2D eigenvalue weighted by Gasteiger charge is 1.96. The minimum Gasteiger partial charge on any atom is -0.254 e. The minimum atomic E-state index is -0.399. The Morgan fingerprint density at radius 3 is 2.67 bits per heavy atom. The van der Waals surface area contributed by atoms with Gasteiger partial charge in [-0.15, -0.1) is 0 Å². The molecule has 0 aliphatic rings. The van der Waals surface area contributed by atoms with E-state index in [1.54, 1.807) is 0 Å². The average Bonchev–Trinajstić information content (AvgIpc) is 1.80. The van der Waals surface area contributed by atoms with Crippen molar-refractivity contribution in [1.82, 2.24) is 4.98 Å². The van der Waals surface area contributed by atoms with Crippen molar-refractivity contribution in [2.45, 2.75) is 0 Å². The summed E-state index contributed by atoms with van der Waals surface area (Å²) in [7, 11) is 5.22. The predicted molar refractivity (Wildman–Crippen MR) is 37.3 cm³/mol. The summed E-state index contributed by atoms with van der Waals surface area (Å²) in [6, 6.07) is 2.66. The van der Waals surface area contributed by atoms with Crippen molar-refractivity contribution in [2.24, 2.45) is 0 Å². The van der Waals surface area contributed by atoms with Crippen molar-refractivity contribution in [3.63, 3.8) is 0 Å². The highest BCUT2D eigenvalue weighted by molar-refractivity contribution is 9.10. The molecule has 1 aromatic rings. The average molecular weight is 186 g/mol. The molecule has 44 valence electrons. The predicted octanol–water partition coefficient (Wildman–Crippen LogP) is 0.777. The Bertz CT molecular complexity index is 228. The normalized spacial score (nSPS) is 9.56. The molecule has 1 nitrogen and oxygen atoms in total. The fourth-order valence-corrected chi connectivity index (χ4v) is 0.768. The van der Waals surface area contributed by atoms with Crippen LogP contribution >= 0.6 is 15.9 Å². The third kappa shape index (κ3) is 1.51. The molecule has 4 heteroatoms. The van der Waals surface area contributed by atoms with E-state index in [-0.39, 0.29) is 4.60 Å². The van der Waals surface area contributed by atoms with Crippen LogP contribution in [0.1, 0.15) is 0 Å². The van der Waals surface area contributed by atoms with Crippen molar-refractivity contribution in [3.05, 3.63) is 22.6 Å². The van der Waals surface area contributed by atoms with Crippen LogP contribution in [0.2, 0.25) is 0 Å². The van der Waals surface area contributed by atoms with Crippen molar-refractivity contribution >= 4 is 29.4 Å². The van der Waals surface area contributed by atoms with E-state index < -0.39 is 5.82 Å². The maximum atomic E-state index is 12.3. The molecule has 2 radical (unpaired) electrons. The quantitative estimate of drug-likeness (QED) is 0.430. The number of hydrogen-bond donors (Lipinski definition) is 0. The number of hydrogen-bond acceptors (Lipinski definition) is 1. The summed E-state index contributed by atoms with van der Waals surface area (Å²) in [5.41, 5.74) is 0.309. The van der Waals surface area contributed by atoms with Crippen LogP contribution in [0.4, 0.5) is 4.39 Å². The SMILES string of the molecule is [B]c1ccc(F)c(Br)n1. The maximum Gasteiger partial charge on any atom is 0.155 e. The van der Waals surface area contributed by atoms with E-state index in [1.165, 1.54) is 12.1 Å². The van der Waals surface area contributed by atoms with Gasteiger partial charge in [-0.05, 0) is 33.7 Å². The van der Waals surface area contributed by atoms with Gasteiger partial charge < -0.3 is 0 Å². The highest BCUT2D eigenvalue weighted by atomic mass is 79.9. The molecule has 0 amide bonds. The Kier molecular flexibility index (Phi) is 1.85. The number of halogens is 2. The molecule has 0 N–H and O–H groups in total. The van der Waals surface area contributed by atoms with E-state index in [9.17, 15) is 4.39 Å². The van der Waals surface area contributed by atoms with Gasteiger partial charge in [0.1, 0.15) is 12.4 Å². The number of pyridine rings is 1. The second-order valence-corrected chi connectivity index (χ2v) is 2.26. The molecular weight excluding hydrogens is 184 g/mol. The molecule has 0 saturated carbocycles. The first-order valence-corrected chi connectivity index (χ1v) is 3.07. The van der Waals surface area contributed by atoms with Gasteiger partial charge >= 0.3 is 0 Å². The van der Waals surface area contributed by atoms with Crippen LogP contribution in [0.3, 0.4) is 0 Å². The van der Waals surface area contributed by atoms with E-state index in [4.69, 9.17) is 7.85 Å².